The molecule has 8 heteroatoms. The zero-order valence-electron chi connectivity index (χ0n) is 14.4. The van der Waals surface area contributed by atoms with Crippen LogP contribution in [0.3, 0.4) is 0 Å². The van der Waals surface area contributed by atoms with E-state index in [0.717, 1.165) is 4.90 Å². The molecular formula is C17H22N2O6. The van der Waals surface area contributed by atoms with Gasteiger partial charge in [-0.05, 0) is 32.9 Å². The van der Waals surface area contributed by atoms with Gasteiger partial charge in [-0.1, -0.05) is 6.07 Å². The van der Waals surface area contributed by atoms with Crippen molar-refractivity contribution in [3.63, 3.8) is 0 Å². The van der Waals surface area contributed by atoms with Crippen molar-refractivity contribution in [2.24, 2.45) is 5.73 Å². The fraction of sp³-hybridized carbons (Fsp3) is 0.471. The van der Waals surface area contributed by atoms with Gasteiger partial charge in [0.1, 0.15) is 11.4 Å². The first-order valence-corrected chi connectivity index (χ1v) is 7.82. The number of amides is 2. The SMILES string of the molecule is CC(C)(C)OC(=O)CCC(O)(C(N)=O)N1Cc2c(O)cccc2C1=O. The highest BCUT2D eigenvalue weighted by molar-refractivity contribution is 6.02. The monoisotopic (exact) mass is 350 g/mol. The van der Waals surface area contributed by atoms with Crippen LogP contribution in [-0.4, -0.2) is 44.2 Å². The molecule has 1 unspecified atom stereocenters. The summed E-state index contributed by atoms with van der Waals surface area (Å²) >= 11 is 0. The van der Waals surface area contributed by atoms with Crippen molar-refractivity contribution < 1.29 is 29.3 Å². The Labute approximate surface area is 145 Å². The first-order valence-electron chi connectivity index (χ1n) is 7.82. The van der Waals surface area contributed by atoms with E-state index in [1.807, 2.05) is 0 Å². The lowest BCUT2D eigenvalue weighted by atomic mass is 10.0. The molecule has 0 saturated carbocycles. The van der Waals surface area contributed by atoms with Crippen LogP contribution in [0.2, 0.25) is 0 Å². The first kappa shape index (κ1) is 18.7. The van der Waals surface area contributed by atoms with Crippen LogP contribution in [0.5, 0.6) is 5.75 Å². The number of carbonyl (C=O) groups excluding carboxylic acids is 3. The Morgan fingerprint density at radius 1 is 1.32 bits per heavy atom. The summed E-state index contributed by atoms with van der Waals surface area (Å²) in [4.78, 5) is 37.1. The fourth-order valence-corrected chi connectivity index (χ4v) is 2.68. The van der Waals surface area contributed by atoms with Crippen LogP contribution in [-0.2, 0) is 20.9 Å². The Morgan fingerprint density at radius 3 is 2.48 bits per heavy atom. The van der Waals surface area contributed by atoms with Gasteiger partial charge in [-0.25, -0.2) is 0 Å². The summed E-state index contributed by atoms with van der Waals surface area (Å²) in [6.45, 7) is 4.88. The Morgan fingerprint density at radius 2 is 1.96 bits per heavy atom. The molecule has 1 atom stereocenters. The van der Waals surface area contributed by atoms with Crippen LogP contribution in [0.1, 0.15) is 49.5 Å². The highest BCUT2D eigenvalue weighted by atomic mass is 16.6. The number of hydrogen-bond donors (Lipinski definition) is 3. The maximum absolute atomic E-state index is 12.5. The van der Waals surface area contributed by atoms with E-state index in [0.29, 0.717) is 5.56 Å². The molecule has 136 valence electrons. The number of nitrogens with two attached hydrogens (primary N) is 1. The number of ether oxygens (including phenoxy) is 1. The average Bonchev–Trinajstić information content (AvgIpc) is 2.82. The molecule has 0 fully saturated rings. The second kappa shape index (κ2) is 6.36. The highest BCUT2D eigenvalue weighted by Crippen LogP contribution is 2.35. The van der Waals surface area contributed by atoms with Gasteiger partial charge in [-0.15, -0.1) is 0 Å². The van der Waals surface area contributed by atoms with Crippen molar-refractivity contribution in [2.45, 2.75) is 51.5 Å². The van der Waals surface area contributed by atoms with E-state index in [2.05, 4.69) is 0 Å². The summed E-state index contributed by atoms with van der Waals surface area (Å²) in [5, 5.41) is 20.6. The molecule has 0 aromatic heterocycles. The van der Waals surface area contributed by atoms with Crippen LogP contribution in [0.25, 0.3) is 0 Å². The number of benzene rings is 1. The molecule has 1 aromatic rings. The van der Waals surface area contributed by atoms with E-state index in [9.17, 15) is 24.6 Å². The fourth-order valence-electron chi connectivity index (χ4n) is 2.68. The molecule has 1 aliphatic rings. The number of rotatable bonds is 5. The van der Waals surface area contributed by atoms with Gasteiger partial charge in [-0.3, -0.25) is 19.3 Å². The Bertz CT molecular complexity index is 724. The van der Waals surface area contributed by atoms with Crippen LogP contribution in [0.15, 0.2) is 18.2 Å². The molecule has 0 saturated heterocycles. The normalized spacial score (nSPS) is 16.3. The van der Waals surface area contributed by atoms with Crippen LogP contribution >= 0.6 is 0 Å². The lowest BCUT2D eigenvalue weighted by Gasteiger charge is -2.34. The predicted octanol–water partition coefficient (Wildman–Crippen LogP) is 0.644. The maximum atomic E-state index is 12.5. The number of nitrogens with zero attached hydrogens (tertiary/aromatic N) is 1. The maximum Gasteiger partial charge on any atom is 0.306 e. The summed E-state index contributed by atoms with van der Waals surface area (Å²) in [6.07, 6.45) is -0.708. The Balaban J connectivity index is 2.21. The van der Waals surface area contributed by atoms with Gasteiger partial charge in [0.25, 0.3) is 11.8 Å². The quantitative estimate of drug-likeness (QED) is 0.668. The zero-order valence-corrected chi connectivity index (χ0v) is 14.4. The van der Waals surface area contributed by atoms with Gasteiger partial charge in [0.15, 0.2) is 0 Å². The average molecular weight is 350 g/mol. The third kappa shape index (κ3) is 3.74. The van der Waals surface area contributed by atoms with Gasteiger partial charge in [0.2, 0.25) is 5.72 Å². The summed E-state index contributed by atoms with van der Waals surface area (Å²) in [7, 11) is 0. The molecule has 1 aliphatic heterocycles. The van der Waals surface area contributed by atoms with Crippen molar-refractivity contribution in [3.05, 3.63) is 29.3 Å². The molecule has 4 N–H and O–H groups in total. The standard InChI is InChI=1S/C17H22N2O6/c1-16(2,3)25-13(21)7-8-17(24,15(18)23)19-9-11-10(14(19)22)5-4-6-12(11)20/h4-6,20,24H,7-9H2,1-3H3,(H2,18,23). The van der Waals surface area contributed by atoms with E-state index >= 15 is 0 Å². The van der Waals surface area contributed by atoms with Crippen molar-refractivity contribution in [1.29, 1.82) is 0 Å². The molecular weight excluding hydrogens is 328 g/mol. The second-order valence-electron chi connectivity index (χ2n) is 6.96. The number of primary amides is 1. The van der Waals surface area contributed by atoms with E-state index in [-0.39, 0.29) is 24.3 Å². The number of fused-ring (bicyclic) bond motifs is 1. The van der Waals surface area contributed by atoms with Crippen molar-refractivity contribution >= 4 is 17.8 Å². The molecule has 8 nitrogen and oxygen atoms in total. The molecule has 25 heavy (non-hydrogen) atoms. The summed E-state index contributed by atoms with van der Waals surface area (Å²) < 4.78 is 5.14. The second-order valence-corrected chi connectivity index (χ2v) is 6.96. The minimum absolute atomic E-state index is 0.118. The number of aliphatic hydroxyl groups is 1. The van der Waals surface area contributed by atoms with Crippen molar-refractivity contribution in [3.8, 4) is 5.75 Å². The smallest absolute Gasteiger partial charge is 0.306 e. The summed E-state index contributed by atoms with van der Waals surface area (Å²) in [6, 6.07) is 4.37. The van der Waals surface area contributed by atoms with Gasteiger partial charge in [-0.2, -0.15) is 0 Å². The Hall–Kier alpha value is -2.61. The summed E-state index contributed by atoms with van der Waals surface area (Å²) in [5.41, 5.74) is 2.70. The lowest BCUT2D eigenvalue weighted by Crippen LogP contribution is -2.58. The van der Waals surface area contributed by atoms with Crippen LogP contribution < -0.4 is 5.73 Å². The van der Waals surface area contributed by atoms with E-state index in [1.54, 1.807) is 20.8 Å². The van der Waals surface area contributed by atoms with Gasteiger partial charge < -0.3 is 20.7 Å². The van der Waals surface area contributed by atoms with Crippen LogP contribution in [0.4, 0.5) is 0 Å². The zero-order chi connectivity index (χ0) is 19.0. The number of esters is 1. The molecule has 0 bridgehead atoms. The first-order chi connectivity index (χ1) is 11.5. The number of phenols is 1. The number of carbonyl (C=O) groups is 3. The van der Waals surface area contributed by atoms with Gasteiger partial charge >= 0.3 is 5.97 Å². The van der Waals surface area contributed by atoms with E-state index < -0.39 is 35.5 Å². The molecule has 2 rings (SSSR count). The molecule has 0 aliphatic carbocycles. The predicted molar refractivity (Wildman–Crippen MR) is 87.2 cm³/mol. The highest BCUT2D eigenvalue weighted by Gasteiger charge is 2.48. The molecule has 0 spiro atoms. The lowest BCUT2D eigenvalue weighted by molar-refractivity contribution is -0.164. The third-order valence-corrected chi connectivity index (χ3v) is 3.88. The van der Waals surface area contributed by atoms with Gasteiger partial charge in [0.05, 0.1) is 13.0 Å². The molecule has 2 amide bonds. The molecule has 1 heterocycles. The van der Waals surface area contributed by atoms with E-state index in [4.69, 9.17) is 10.5 Å². The minimum atomic E-state index is -2.36. The van der Waals surface area contributed by atoms with Gasteiger partial charge in [0, 0.05) is 17.5 Å². The van der Waals surface area contributed by atoms with Crippen molar-refractivity contribution in [1.82, 2.24) is 4.90 Å². The van der Waals surface area contributed by atoms with Crippen LogP contribution in [0, 0.1) is 0 Å². The topological polar surface area (TPSA) is 130 Å². The molecule has 1 aromatic carbocycles. The Kier molecular flexibility index (Phi) is 4.76. The molecule has 0 radical (unpaired) electrons. The van der Waals surface area contributed by atoms with E-state index in [1.165, 1.54) is 18.2 Å². The third-order valence-electron chi connectivity index (χ3n) is 3.88. The van der Waals surface area contributed by atoms with Crippen molar-refractivity contribution in [2.75, 3.05) is 0 Å². The number of aromatic hydroxyl groups is 1. The number of hydrogen-bond acceptors (Lipinski definition) is 6. The minimum Gasteiger partial charge on any atom is -0.508 e. The number of phenolic OH excluding ortho intramolecular Hbond substituents is 1. The summed E-state index contributed by atoms with van der Waals surface area (Å²) in [5.74, 6) is -2.54. The largest absolute Gasteiger partial charge is 0.508 e.